The van der Waals surface area contributed by atoms with Crippen LogP contribution in [0.5, 0.6) is 0 Å². The highest BCUT2D eigenvalue weighted by atomic mass is 32.1. The summed E-state index contributed by atoms with van der Waals surface area (Å²) in [5.41, 5.74) is 5.75. The fourth-order valence-corrected chi connectivity index (χ4v) is 3.95. The fourth-order valence-electron chi connectivity index (χ4n) is 3.20. The molecule has 1 fully saturated rings. The molecule has 0 spiro atoms. The lowest BCUT2D eigenvalue weighted by molar-refractivity contribution is 0.202. The SMILES string of the molecule is CN(Cc1nccc(N)n1)C1CCCN(Cc2cccs2)CC1. The number of hydrogen-bond donors (Lipinski definition) is 1. The molecule has 2 aromatic heterocycles. The first kappa shape index (κ1) is 16.4. The topological polar surface area (TPSA) is 58.3 Å². The van der Waals surface area contributed by atoms with E-state index in [2.05, 4.69) is 44.3 Å². The molecular formula is C17H25N5S. The minimum Gasteiger partial charge on any atom is -0.384 e. The maximum absolute atomic E-state index is 5.75. The molecule has 2 N–H and O–H groups in total. The van der Waals surface area contributed by atoms with Crippen LogP contribution < -0.4 is 5.73 Å². The zero-order chi connectivity index (χ0) is 16.1. The van der Waals surface area contributed by atoms with E-state index in [0.717, 1.165) is 25.5 Å². The van der Waals surface area contributed by atoms with Crippen molar-refractivity contribution in [1.29, 1.82) is 0 Å². The van der Waals surface area contributed by atoms with Crippen molar-refractivity contribution in [2.24, 2.45) is 0 Å². The van der Waals surface area contributed by atoms with Crippen molar-refractivity contribution in [2.75, 3.05) is 25.9 Å². The molecule has 0 radical (unpaired) electrons. The number of nitrogen functional groups attached to an aromatic ring is 1. The van der Waals surface area contributed by atoms with Gasteiger partial charge in [0.05, 0.1) is 6.54 Å². The molecule has 1 aliphatic rings. The van der Waals surface area contributed by atoms with Gasteiger partial charge in [0, 0.05) is 30.2 Å². The Kier molecular flexibility index (Phi) is 5.59. The van der Waals surface area contributed by atoms with E-state index in [-0.39, 0.29) is 0 Å². The van der Waals surface area contributed by atoms with E-state index in [4.69, 9.17) is 5.73 Å². The van der Waals surface area contributed by atoms with Gasteiger partial charge in [0.15, 0.2) is 0 Å². The summed E-state index contributed by atoms with van der Waals surface area (Å²) in [6, 6.07) is 6.70. The van der Waals surface area contributed by atoms with E-state index in [9.17, 15) is 0 Å². The average Bonchev–Trinajstić information content (AvgIpc) is 2.91. The van der Waals surface area contributed by atoms with Gasteiger partial charge in [-0.25, -0.2) is 9.97 Å². The van der Waals surface area contributed by atoms with Crippen molar-refractivity contribution in [3.8, 4) is 0 Å². The molecular weight excluding hydrogens is 306 g/mol. The predicted molar refractivity (Wildman–Crippen MR) is 95.1 cm³/mol. The van der Waals surface area contributed by atoms with Gasteiger partial charge in [-0.3, -0.25) is 9.80 Å². The van der Waals surface area contributed by atoms with Gasteiger partial charge in [0.25, 0.3) is 0 Å². The Bertz CT molecular complexity index is 601. The summed E-state index contributed by atoms with van der Waals surface area (Å²) in [5.74, 6) is 1.36. The van der Waals surface area contributed by atoms with E-state index < -0.39 is 0 Å². The molecule has 1 unspecified atom stereocenters. The van der Waals surface area contributed by atoms with Crippen molar-refractivity contribution in [3.63, 3.8) is 0 Å². The molecule has 1 atom stereocenters. The molecule has 0 aromatic carbocycles. The van der Waals surface area contributed by atoms with Crippen molar-refractivity contribution >= 4 is 17.2 Å². The van der Waals surface area contributed by atoms with Crippen LogP contribution in [0.2, 0.25) is 0 Å². The standard InChI is InChI=1S/C17H25N5S/c1-21(13-17-19-8-6-16(18)20-17)14-4-2-9-22(10-7-14)12-15-5-3-11-23-15/h3,5-6,8,11,14H,2,4,7,9-10,12-13H2,1H3,(H2,18,19,20). The number of anilines is 1. The predicted octanol–water partition coefficient (Wildman–Crippen LogP) is 2.61. The summed E-state index contributed by atoms with van der Waals surface area (Å²) in [4.78, 5) is 15.1. The van der Waals surface area contributed by atoms with Crippen molar-refractivity contribution in [2.45, 2.75) is 38.4 Å². The second kappa shape index (κ2) is 7.86. The summed E-state index contributed by atoms with van der Waals surface area (Å²) >= 11 is 1.85. The lowest BCUT2D eigenvalue weighted by Crippen LogP contribution is -2.33. The number of aromatic nitrogens is 2. The normalized spacial score (nSPS) is 19.8. The van der Waals surface area contributed by atoms with Crippen LogP contribution >= 0.6 is 11.3 Å². The lowest BCUT2D eigenvalue weighted by atomic mass is 10.1. The van der Waals surface area contributed by atoms with Gasteiger partial charge in [-0.15, -0.1) is 11.3 Å². The molecule has 124 valence electrons. The maximum Gasteiger partial charge on any atom is 0.144 e. The molecule has 23 heavy (non-hydrogen) atoms. The Morgan fingerprint density at radius 2 is 2.26 bits per heavy atom. The van der Waals surface area contributed by atoms with Gasteiger partial charge in [-0.1, -0.05) is 6.07 Å². The molecule has 0 aliphatic carbocycles. The minimum atomic E-state index is 0.548. The smallest absolute Gasteiger partial charge is 0.144 e. The summed E-state index contributed by atoms with van der Waals surface area (Å²) in [6.45, 7) is 4.20. The number of nitrogens with zero attached hydrogens (tertiary/aromatic N) is 4. The van der Waals surface area contributed by atoms with E-state index in [0.29, 0.717) is 11.9 Å². The van der Waals surface area contributed by atoms with E-state index in [1.165, 1.54) is 30.7 Å². The van der Waals surface area contributed by atoms with E-state index >= 15 is 0 Å². The third kappa shape index (κ3) is 4.73. The van der Waals surface area contributed by atoms with Crippen LogP contribution in [-0.4, -0.2) is 45.9 Å². The van der Waals surface area contributed by atoms with Gasteiger partial charge < -0.3 is 5.73 Å². The first-order valence-electron chi connectivity index (χ1n) is 8.23. The Balaban J connectivity index is 1.52. The Morgan fingerprint density at radius 1 is 1.35 bits per heavy atom. The van der Waals surface area contributed by atoms with Crippen LogP contribution in [0.25, 0.3) is 0 Å². The molecule has 6 heteroatoms. The van der Waals surface area contributed by atoms with Crippen LogP contribution in [0, 0.1) is 0 Å². The Hall–Kier alpha value is -1.50. The molecule has 0 amide bonds. The summed E-state index contributed by atoms with van der Waals surface area (Å²) in [6.07, 6.45) is 5.42. The van der Waals surface area contributed by atoms with E-state index in [1.807, 2.05) is 11.3 Å². The van der Waals surface area contributed by atoms with Crippen molar-refractivity contribution in [1.82, 2.24) is 19.8 Å². The molecule has 3 heterocycles. The second-order valence-corrected chi connectivity index (χ2v) is 7.29. The largest absolute Gasteiger partial charge is 0.384 e. The van der Waals surface area contributed by atoms with Gasteiger partial charge in [-0.05, 0) is 50.4 Å². The van der Waals surface area contributed by atoms with Crippen LogP contribution in [0.4, 0.5) is 5.82 Å². The summed E-state index contributed by atoms with van der Waals surface area (Å²) in [7, 11) is 2.17. The zero-order valence-corrected chi connectivity index (χ0v) is 14.5. The monoisotopic (exact) mass is 331 g/mol. The molecule has 1 aliphatic heterocycles. The third-order valence-electron chi connectivity index (χ3n) is 4.49. The number of likely N-dealkylation sites (tertiary alicyclic amines) is 1. The number of thiophene rings is 1. The highest BCUT2D eigenvalue weighted by molar-refractivity contribution is 7.09. The van der Waals surface area contributed by atoms with Gasteiger partial charge >= 0.3 is 0 Å². The number of rotatable bonds is 5. The molecule has 0 saturated carbocycles. The lowest BCUT2D eigenvalue weighted by Gasteiger charge is -2.26. The first-order valence-corrected chi connectivity index (χ1v) is 9.11. The molecule has 1 saturated heterocycles. The quantitative estimate of drug-likeness (QED) is 0.912. The van der Waals surface area contributed by atoms with Crippen LogP contribution in [0.1, 0.15) is 30.0 Å². The third-order valence-corrected chi connectivity index (χ3v) is 5.35. The van der Waals surface area contributed by atoms with Crippen molar-refractivity contribution in [3.05, 3.63) is 40.5 Å². The molecule has 5 nitrogen and oxygen atoms in total. The molecule has 0 bridgehead atoms. The van der Waals surface area contributed by atoms with Crippen molar-refractivity contribution < 1.29 is 0 Å². The number of nitrogens with two attached hydrogens (primary N) is 1. The second-order valence-electron chi connectivity index (χ2n) is 6.25. The maximum atomic E-state index is 5.75. The Morgan fingerprint density at radius 3 is 3.04 bits per heavy atom. The van der Waals surface area contributed by atoms with Crippen LogP contribution in [0.15, 0.2) is 29.8 Å². The van der Waals surface area contributed by atoms with Crippen LogP contribution in [0.3, 0.4) is 0 Å². The number of hydrogen-bond acceptors (Lipinski definition) is 6. The minimum absolute atomic E-state index is 0.548. The highest BCUT2D eigenvalue weighted by Crippen LogP contribution is 2.20. The van der Waals surface area contributed by atoms with Gasteiger partial charge in [-0.2, -0.15) is 0 Å². The zero-order valence-electron chi connectivity index (χ0n) is 13.7. The van der Waals surface area contributed by atoms with Crippen LogP contribution in [-0.2, 0) is 13.1 Å². The first-order chi connectivity index (χ1) is 11.2. The summed E-state index contributed by atoms with van der Waals surface area (Å²) in [5, 5.41) is 2.16. The summed E-state index contributed by atoms with van der Waals surface area (Å²) < 4.78 is 0. The molecule has 2 aromatic rings. The van der Waals surface area contributed by atoms with Gasteiger partial charge in [0.1, 0.15) is 11.6 Å². The Labute approximate surface area is 142 Å². The molecule has 3 rings (SSSR count). The highest BCUT2D eigenvalue weighted by Gasteiger charge is 2.21. The van der Waals surface area contributed by atoms with Gasteiger partial charge in [0.2, 0.25) is 0 Å². The fraction of sp³-hybridized carbons (Fsp3) is 0.529. The van der Waals surface area contributed by atoms with E-state index in [1.54, 1.807) is 12.3 Å². The average molecular weight is 331 g/mol.